The first-order valence-corrected chi connectivity index (χ1v) is 5.62. The normalized spacial score (nSPS) is 12.1. The topological polar surface area (TPSA) is 74.6 Å². The van der Waals surface area contributed by atoms with Crippen molar-refractivity contribution in [3.8, 4) is 0 Å². The fourth-order valence-corrected chi connectivity index (χ4v) is 1.73. The number of aromatic carboxylic acids is 1. The summed E-state index contributed by atoms with van der Waals surface area (Å²) in [5.74, 6) is -2.55. The van der Waals surface area contributed by atoms with Crippen LogP contribution in [0.4, 0.5) is 0 Å². The fourth-order valence-electron chi connectivity index (χ4n) is 1.73. The second-order valence-corrected chi connectivity index (χ2v) is 3.96. The van der Waals surface area contributed by atoms with Gasteiger partial charge in [-0.15, -0.1) is 0 Å². The molecule has 4 heteroatoms. The van der Waals surface area contributed by atoms with Crippen molar-refractivity contribution in [2.24, 2.45) is 0 Å². The van der Waals surface area contributed by atoms with Gasteiger partial charge < -0.3 is 10.2 Å². The van der Waals surface area contributed by atoms with E-state index in [0.717, 1.165) is 12.8 Å². The van der Waals surface area contributed by atoms with E-state index in [4.69, 9.17) is 10.2 Å². The van der Waals surface area contributed by atoms with Gasteiger partial charge in [0.15, 0.2) is 0 Å². The zero-order valence-corrected chi connectivity index (χ0v) is 9.72. The molecule has 0 aliphatic rings. The summed E-state index contributed by atoms with van der Waals surface area (Å²) in [6.07, 6.45) is 2.27. The van der Waals surface area contributed by atoms with Crippen molar-refractivity contribution >= 4 is 11.9 Å². The number of aliphatic carboxylic acids is 1. The Balaban J connectivity index is 2.97. The minimum atomic E-state index is -1.04. The van der Waals surface area contributed by atoms with Gasteiger partial charge in [-0.25, -0.2) is 4.79 Å². The molecule has 1 unspecified atom stereocenters. The van der Waals surface area contributed by atoms with Crippen molar-refractivity contribution in [1.82, 2.24) is 0 Å². The molecular weight excluding hydrogens is 220 g/mol. The number of benzene rings is 1. The summed E-state index contributed by atoms with van der Waals surface area (Å²) in [5.41, 5.74) is 0.691. The van der Waals surface area contributed by atoms with Gasteiger partial charge in [0.1, 0.15) is 0 Å². The lowest BCUT2D eigenvalue weighted by Gasteiger charge is -2.12. The second-order valence-electron chi connectivity index (χ2n) is 3.96. The molecule has 0 radical (unpaired) electrons. The highest BCUT2D eigenvalue weighted by Gasteiger charge is 2.20. The highest BCUT2D eigenvalue weighted by molar-refractivity contribution is 5.88. The zero-order valence-electron chi connectivity index (χ0n) is 9.72. The molecule has 0 aliphatic heterocycles. The van der Waals surface area contributed by atoms with E-state index in [1.54, 1.807) is 12.1 Å². The lowest BCUT2D eigenvalue weighted by molar-refractivity contribution is -0.139. The number of carboxylic acid groups (broad SMARTS) is 2. The third-order valence-corrected chi connectivity index (χ3v) is 2.68. The standard InChI is InChI=1S/C13H16O4/c1-2-3-7-11(13(16)17)9-5-4-6-10(8-9)12(14)15/h4-6,8,11H,2-3,7H2,1H3,(H,14,15)(H,16,17). The van der Waals surface area contributed by atoms with Gasteiger partial charge >= 0.3 is 11.9 Å². The van der Waals surface area contributed by atoms with Crippen LogP contribution in [-0.2, 0) is 4.79 Å². The number of unbranched alkanes of at least 4 members (excludes halogenated alkanes) is 1. The summed E-state index contributed by atoms with van der Waals surface area (Å²) in [7, 11) is 0. The number of rotatable bonds is 6. The summed E-state index contributed by atoms with van der Waals surface area (Å²) in [6.45, 7) is 1.99. The van der Waals surface area contributed by atoms with Crippen molar-refractivity contribution in [1.29, 1.82) is 0 Å². The van der Waals surface area contributed by atoms with Crippen molar-refractivity contribution in [2.45, 2.75) is 32.1 Å². The Morgan fingerprint density at radius 1 is 1.29 bits per heavy atom. The van der Waals surface area contributed by atoms with Gasteiger partial charge in [0.2, 0.25) is 0 Å². The molecule has 1 atom stereocenters. The smallest absolute Gasteiger partial charge is 0.335 e. The summed E-state index contributed by atoms with van der Waals surface area (Å²) in [6, 6.07) is 6.16. The Labute approximate surface area is 99.9 Å². The lowest BCUT2D eigenvalue weighted by Crippen LogP contribution is -2.12. The van der Waals surface area contributed by atoms with Crippen molar-refractivity contribution in [3.63, 3.8) is 0 Å². The van der Waals surface area contributed by atoms with Gasteiger partial charge in [-0.05, 0) is 24.1 Å². The molecule has 0 aliphatic carbocycles. The molecule has 0 saturated heterocycles. The first kappa shape index (κ1) is 13.2. The van der Waals surface area contributed by atoms with Crippen LogP contribution in [0.2, 0.25) is 0 Å². The molecule has 0 spiro atoms. The Morgan fingerprint density at radius 3 is 2.53 bits per heavy atom. The van der Waals surface area contributed by atoms with Gasteiger partial charge in [-0.3, -0.25) is 4.79 Å². The van der Waals surface area contributed by atoms with Crippen LogP contribution >= 0.6 is 0 Å². The lowest BCUT2D eigenvalue weighted by atomic mass is 9.92. The Morgan fingerprint density at radius 2 is 2.00 bits per heavy atom. The van der Waals surface area contributed by atoms with Gasteiger partial charge in [-0.1, -0.05) is 31.9 Å². The van der Waals surface area contributed by atoms with E-state index in [1.165, 1.54) is 12.1 Å². The molecule has 4 nitrogen and oxygen atoms in total. The average Bonchev–Trinajstić information content (AvgIpc) is 2.29. The van der Waals surface area contributed by atoms with E-state index in [-0.39, 0.29) is 5.56 Å². The maximum Gasteiger partial charge on any atom is 0.335 e. The minimum absolute atomic E-state index is 0.130. The zero-order chi connectivity index (χ0) is 12.8. The van der Waals surface area contributed by atoms with Crippen molar-refractivity contribution in [2.75, 3.05) is 0 Å². The summed E-state index contributed by atoms with van der Waals surface area (Å²) < 4.78 is 0. The molecule has 17 heavy (non-hydrogen) atoms. The monoisotopic (exact) mass is 236 g/mol. The highest BCUT2D eigenvalue weighted by atomic mass is 16.4. The Kier molecular flexibility index (Phi) is 4.69. The first-order valence-electron chi connectivity index (χ1n) is 5.62. The number of hydrogen-bond donors (Lipinski definition) is 2. The third-order valence-electron chi connectivity index (χ3n) is 2.68. The predicted molar refractivity (Wildman–Crippen MR) is 63.3 cm³/mol. The van der Waals surface area contributed by atoms with Crippen LogP contribution in [0.15, 0.2) is 24.3 Å². The van der Waals surface area contributed by atoms with Crippen LogP contribution in [0, 0.1) is 0 Å². The van der Waals surface area contributed by atoms with Crippen LogP contribution in [0.1, 0.15) is 48.0 Å². The molecule has 1 aromatic rings. The average molecular weight is 236 g/mol. The Hall–Kier alpha value is -1.84. The minimum Gasteiger partial charge on any atom is -0.481 e. The van der Waals surface area contributed by atoms with Crippen LogP contribution in [0.25, 0.3) is 0 Å². The molecule has 0 heterocycles. The number of carbonyl (C=O) groups is 2. The van der Waals surface area contributed by atoms with Crippen LogP contribution < -0.4 is 0 Å². The summed E-state index contributed by atoms with van der Waals surface area (Å²) >= 11 is 0. The van der Waals surface area contributed by atoms with Gasteiger partial charge in [-0.2, -0.15) is 0 Å². The maximum atomic E-state index is 11.1. The molecular formula is C13H16O4. The first-order chi connectivity index (χ1) is 8.06. The van der Waals surface area contributed by atoms with Gasteiger partial charge in [0, 0.05) is 0 Å². The van der Waals surface area contributed by atoms with Crippen LogP contribution in [-0.4, -0.2) is 22.2 Å². The van der Waals surface area contributed by atoms with Crippen molar-refractivity contribution < 1.29 is 19.8 Å². The van der Waals surface area contributed by atoms with Crippen molar-refractivity contribution in [3.05, 3.63) is 35.4 Å². The molecule has 0 amide bonds. The van der Waals surface area contributed by atoms with Crippen LogP contribution in [0.5, 0.6) is 0 Å². The molecule has 0 aromatic heterocycles. The Bertz CT molecular complexity index is 412. The number of carboxylic acids is 2. The van der Waals surface area contributed by atoms with Crippen LogP contribution in [0.3, 0.4) is 0 Å². The second kappa shape index (κ2) is 6.03. The molecule has 92 valence electrons. The maximum absolute atomic E-state index is 11.1. The van der Waals surface area contributed by atoms with E-state index in [2.05, 4.69) is 0 Å². The predicted octanol–water partition coefficient (Wildman–Crippen LogP) is 2.74. The summed E-state index contributed by atoms with van der Waals surface area (Å²) in [5, 5.41) is 18.0. The molecule has 0 saturated carbocycles. The largest absolute Gasteiger partial charge is 0.481 e. The van der Waals surface area contributed by atoms with E-state index < -0.39 is 17.9 Å². The third kappa shape index (κ3) is 3.59. The van der Waals surface area contributed by atoms with E-state index in [9.17, 15) is 9.59 Å². The SMILES string of the molecule is CCCCC(C(=O)O)c1cccc(C(=O)O)c1. The molecule has 2 N–H and O–H groups in total. The van der Waals surface area contributed by atoms with Gasteiger partial charge in [0.25, 0.3) is 0 Å². The fraction of sp³-hybridized carbons (Fsp3) is 0.385. The molecule has 0 bridgehead atoms. The number of hydrogen-bond acceptors (Lipinski definition) is 2. The highest BCUT2D eigenvalue weighted by Crippen LogP contribution is 2.23. The quantitative estimate of drug-likeness (QED) is 0.796. The summed E-state index contributed by atoms with van der Waals surface area (Å²) in [4.78, 5) is 22.0. The van der Waals surface area contributed by atoms with E-state index in [0.29, 0.717) is 12.0 Å². The molecule has 1 aromatic carbocycles. The van der Waals surface area contributed by atoms with Gasteiger partial charge in [0.05, 0.1) is 11.5 Å². The van der Waals surface area contributed by atoms with E-state index >= 15 is 0 Å². The van der Waals surface area contributed by atoms with E-state index in [1.807, 2.05) is 6.92 Å². The molecule has 1 rings (SSSR count). The molecule has 0 fully saturated rings.